The third-order valence-electron chi connectivity index (χ3n) is 3.61. The van der Waals surface area contributed by atoms with Crippen molar-refractivity contribution in [1.82, 2.24) is 5.32 Å². The highest BCUT2D eigenvalue weighted by atomic mass is 19.1. The van der Waals surface area contributed by atoms with Gasteiger partial charge in [0.1, 0.15) is 5.82 Å². The number of hydrogen-bond acceptors (Lipinski definition) is 2. The molecule has 2 aromatic carbocycles. The van der Waals surface area contributed by atoms with Crippen molar-refractivity contribution in [3.05, 3.63) is 59.9 Å². The van der Waals surface area contributed by atoms with Gasteiger partial charge in [0.05, 0.1) is 12.3 Å². The average Bonchev–Trinajstić information content (AvgIpc) is 2.54. The van der Waals surface area contributed by atoms with E-state index in [2.05, 4.69) is 5.32 Å². The molecule has 1 unspecified atom stereocenters. The fraction of sp³-hybridized carbons (Fsp3) is 0.222. The average molecular weight is 315 g/mol. The van der Waals surface area contributed by atoms with Crippen LogP contribution in [0, 0.1) is 5.82 Å². The maximum atomic E-state index is 14.3. The number of halogens is 1. The zero-order valence-corrected chi connectivity index (χ0v) is 12.8. The lowest BCUT2D eigenvalue weighted by Crippen LogP contribution is -2.30. The summed E-state index contributed by atoms with van der Waals surface area (Å²) in [5, 5.41) is 11.1. The summed E-state index contributed by atoms with van der Waals surface area (Å²) in [4.78, 5) is 22.4. The van der Waals surface area contributed by atoms with Gasteiger partial charge in [0.25, 0.3) is 0 Å². The highest BCUT2D eigenvalue weighted by Crippen LogP contribution is 2.26. The molecule has 0 fully saturated rings. The molecule has 0 heterocycles. The Balaban J connectivity index is 2.10. The van der Waals surface area contributed by atoms with Crippen LogP contribution in [0.1, 0.15) is 24.8 Å². The SMILES string of the molecule is CC(C(=O)NCCC(=O)O)c1ccc(-c2ccccc2)c(F)c1. The monoisotopic (exact) mass is 315 g/mol. The second kappa shape index (κ2) is 7.54. The molecule has 1 atom stereocenters. The first-order chi connectivity index (χ1) is 11.0. The largest absolute Gasteiger partial charge is 0.481 e. The molecule has 0 bridgehead atoms. The topological polar surface area (TPSA) is 66.4 Å². The van der Waals surface area contributed by atoms with Crippen LogP contribution in [0.3, 0.4) is 0 Å². The summed E-state index contributed by atoms with van der Waals surface area (Å²) >= 11 is 0. The highest BCUT2D eigenvalue weighted by molar-refractivity contribution is 5.83. The fourth-order valence-electron chi connectivity index (χ4n) is 2.25. The Morgan fingerprint density at radius 2 is 1.87 bits per heavy atom. The molecule has 0 saturated heterocycles. The van der Waals surface area contributed by atoms with Gasteiger partial charge in [0.2, 0.25) is 5.91 Å². The number of carbonyl (C=O) groups is 2. The molecule has 2 aromatic rings. The van der Waals surface area contributed by atoms with Gasteiger partial charge in [0.15, 0.2) is 0 Å². The Kier molecular flexibility index (Phi) is 5.46. The maximum absolute atomic E-state index is 14.3. The van der Waals surface area contributed by atoms with Crippen LogP contribution in [0.25, 0.3) is 11.1 Å². The minimum Gasteiger partial charge on any atom is -0.481 e. The van der Waals surface area contributed by atoms with Gasteiger partial charge in [-0.3, -0.25) is 9.59 Å². The Bertz CT molecular complexity index is 701. The van der Waals surface area contributed by atoms with E-state index in [-0.39, 0.29) is 24.7 Å². The number of carboxylic acids is 1. The van der Waals surface area contributed by atoms with Crippen LogP contribution < -0.4 is 5.32 Å². The van der Waals surface area contributed by atoms with Crippen molar-refractivity contribution in [3.63, 3.8) is 0 Å². The van der Waals surface area contributed by atoms with Gasteiger partial charge in [-0.15, -0.1) is 0 Å². The van der Waals surface area contributed by atoms with E-state index in [0.717, 1.165) is 5.56 Å². The lowest BCUT2D eigenvalue weighted by molar-refractivity contribution is -0.136. The van der Waals surface area contributed by atoms with Crippen LogP contribution >= 0.6 is 0 Å². The molecule has 2 N–H and O–H groups in total. The lowest BCUT2D eigenvalue weighted by Gasteiger charge is -2.13. The third-order valence-corrected chi connectivity index (χ3v) is 3.61. The molecule has 0 aliphatic heterocycles. The minimum atomic E-state index is -0.976. The molecule has 0 aromatic heterocycles. The second-order valence-corrected chi connectivity index (χ2v) is 5.26. The first-order valence-electron chi connectivity index (χ1n) is 7.33. The van der Waals surface area contributed by atoms with E-state index >= 15 is 0 Å². The number of hydrogen-bond donors (Lipinski definition) is 2. The van der Waals surface area contributed by atoms with E-state index < -0.39 is 11.9 Å². The molecule has 0 spiro atoms. The standard InChI is InChI=1S/C18H18FNO3/c1-12(18(23)20-10-9-17(21)22)14-7-8-15(16(19)11-14)13-5-3-2-4-6-13/h2-8,11-12H,9-10H2,1H3,(H,20,23)(H,21,22). The van der Waals surface area contributed by atoms with Crippen LogP contribution in [-0.2, 0) is 9.59 Å². The second-order valence-electron chi connectivity index (χ2n) is 5.26. The predicted molar refractivity (Wildman–Crippen MR) is 85.5 cm³/mol. The molecular weight excluding hydrogens is 297 g/mol. The zero-order chi connectivity index (χ0) is 16.8. The molecular formula is C18H18FNO3. The van der Waals surface area contributed by atoms with Crippen molar-refractivity contribution in [2.45, 2.75) is 19.3 Å². The first-order valence-corrected chi connectivity index (χ1v) is 7.33. The number of aliphatic carboxylic acids is 1. The summed E-state index contributed by atoms with van der Waals surface area (Å²) in [5.74, 6) is -2.24. The smallest absolute Gasteiger partial charge is 0.305 e. The van der Waals surface area contributed by atoms with Crippen molar-refractivity contribution >= 4 is 11.9 Å². The van der Waals surface area contributed by atoms with Crippen molar-refractivity contribution in [1.29, 1.82) is 0 Å². The molecule has 1 amide bonds. The summed E-state index contributed by atoms with van der Waals surface area (Å²) in [6.07, 6.45) is -0.139. The van der Waals surface area contributed by atoms with E-state index in [1.165, 1.54) is 6.07 Å². The lowest BCUT2D eigenvalue weighted by atomic mass is 9.96. The van der Waals surface area contributed by atoms with Crippen LogP contribution in [0.2, 0.25) is 0 Å². The number of carbonyl (C=O) groups excluding carboxylic acids is 1. The van der Waals surface area contributed by atoms with Crippen molar-refractivity contribution in [2.24, 2.45) is 0 Å². The molecule has 4 nitrogen and oxygen atoms in total. The number of amides is 1. The van der Waals surface area contributed by atoms with Gasteiger partial charge in [-0.1, -0.05) is 42.5 Å². The van der Waals surface area contributed by atoms with Gasteiger partial charge >= 0.3 is 5.97 Å². The van der Waals surface area contributed by atoms with E-state index in [9.17, 15) is 14.0 Å². The van der Waals surface area contributed by atoms with Gasteiger partial charge in [0, 0.05) is 12.1 Å². The summed E-state index contributed by atoms with van der Waals surface area (Å²) < 4.78 is 14.3. The molecule has 0 aliphatic carbocycles. The van der Waals surface area contributed by atoms with Crippen molar-refractivity contribution in [2.75, 3.05) is 6.54 Å². The Labute approximate surface area is 134 Å². The normalized spacial score (nSPS) is 11.7. The fourth-order valence-corrected chi connectivity index (χ4v) is 2.25. The molecule has 2 rings (SSSR count). The van der Waals surface area contributed by atoms with Gasteiger partial charge in [-0.05, 0) is 24.1 Å². The Morgan fingerprint density at radius 1 is 1.17 bits per heavy atom. The van der Waals surface area contributed by atoms with Crippen molar-refractivity contribution in [3.8, 4) is 11.1 Å². The molecule has 0 aliphatic rings. The van der Waals surface area contributed by atoms with E-state index in [1.54, 1.807) is 19.1 Å². The third kappa shape index (κ3) is 4.39. The maximum Gasteiger partial charge on any atom is 0.305 e. The quantitative estimate of drug-likeness (QED) is 0.860. The van der Waals surface area contributed by atoms with Gasteiger partial charge < -0.3 is 10.4 Å². The van der Waals surface area contributed by atoms with Gasteiger partial charge in [-0.25, -0.2) is 4.39 Å². The summed E-state index contributed by atoms with van der Waals surface area (Å²) in [7, 11) is 0. The molecule has 23 heavy (non-hydrogen) atoms. The summed E-state index contributed by atoms with van der Waals surface area (Å²) in [6.45, 7) is 1.72. The van der Waals surface area contributed by atoms with Crippen molar-refractivity contribution < 1.29 is 19.1 Å². The van der Waals surface area contributed by atoms with Crippen LogP contribution in [0.15, 0.2) is 48.5 Å². The Morgan fingerprint density at radius 3 is 2.48 bits per heavy atom. The molecule has 0 radical (unpaired) electrons. The minimum absolute atomic E-state index is 0.0586. The van der Waals surface area contributed by atoms with E-state index in [4.69, 9.17) is 5.11 Å². The van der Waals surface area contributed by atoms with E-state index in [1.807, 2.05) is 30.3 Å². The number of carboxylic acid groups (broad SMARTS) is 1. The van der Waals surface area contributed by atoms with E-state index in [0.29, 0.717) is 11.1 Å². The molecule has 0 saturated carbocycles. The highest BCUT2D eigenvalue weighted by Gasteiger charge is 2.17. The number of benzene rings is 2. The predicted octanol–water partition coefficient (Wildman–Crippen LogP) is 3.19. The van der Waals surface area contributed by atoms with Gasteiger partial charge in [-0.2, -0.15) is 0 Å². The van der Waals surface area contributed by atoms with Crippen LogP contribution in [-0.4, -0.2) is 23.5 Å². The molecule has 120 valence electrons. The number of rotatable bonds is 6. The Hall–Kier alpha value is -2.69. The van der Waals surface area contributed by atoms with Crippen LogP contribution in [0.4, 0.5) is 4.39 Å². The zero-order valence-electron chi connectivity index (χ0n) is 12.8. The number of nitrogens with one attached hydrogen (secondary N) is 1. The summed E-state index contributed by atoms with van der Waals surface area (Å²) in [6, 6.07) is 13.9. The molecule has 5 heteroatoms. The first kappa shape index (κ1) is 16.7. The van der Waals surface area contributed by atoms with Crippen LogP contribution in [0.5, 0.6) is 0 Å². The summed E-state index contributed by atoms with van der Waals surface area (Å²) in [5.41, 5.74) is 1.80.